The highest BCUT2D eigenvalue weighted by Gasteiger charge is 2.31. The van der Waals surface area contributed by atoms with E-state index in [0.717, 1.165) is 5.56 Å². The molecule has 3 aromatic rings. The van der Waals surface area contributed by atoms with E-state index in [1.807, 2.05) is 44.2 Å². The Hall–Kier alpha value is -3.62. The highest BCUT2D eigenvalue weighted by Crippen LogP contribution is 2.13. The summed E-state index contributed by atoms with van der Waals surface area (Å²) in [5.41, 5.74) is 2.01. The lowest BCUT2D eigenvalue weighted by atomic mass is 10.00. The molecule has 2 aromatic carbocycles. The topological polar surface area (TPSA) is 97.4 Å². The van der Waals surface area contributed by atoms with Gasteiger partial charge in [0.25, 0.3) is 5.91 Å². The third-order valence-corrected chi connectivity index (χ3v) is 5.79. The third-order valence-electron chi connectivity index (χ3n) is 5.56. The van der Waals surface area contributed by atoms with Crippen LogP contribution < -0.4 is 10.6 Å². The average Bonchev–Trinajstić information content (AvgIpc) is 2.89. The predicted molar refractivity (Wildman–Crippen MR) is 138 cm³/mol. The average molecular weight is 526 g/mol. The zero-order valence-electron chi connectivity index (χ0n) is 20.6. The number of carbonyl (C=O) groups is 3. The van der Waals surface area contributed by atoms with E-state index in [4.69, 9.17) is 16.3 Å². The van der Waals surface area contributed by atoms with Crippen LogP contribution in [-0.4, -0.2) is 34.7 Å². The molecule has 0 saturated heterocycles. The number of hydrogen-bond acceptors (Lipinski definition) is 5. The molecule has 2 N–H and O–H groups in total. The second kappa shape index (κ2) is 13.6. The number of ether oxygens (including phenoxy) is 1. The molecule has 2 atom stereocenters. The Bertz CT molecular complexity index is 1190. The first-order valence-corrected chi connectivity index (χ1v) is 12.2. The number of aromatic nitrogens is 1. The first-order chi connectivity index (χ1) is 17.7. The molecule has 7 nitrogen and oxygen atoms in total. The Morgan fingerprint density at radius 3 is 2.30 bits per heavy atom. The fourth-order valence-corrected chi connectivity index (χ4v) is 3.69. The van der Waals surface area contributed by atoms with Gasteiger partial charge < -0.3 is 15.4 Å². The van der Waals surface area contributed by atoms with Crippen molar-refractivity contribution in [3.8, 4) is 0 Å². The highest BCUT2D eigenvalue weighted by atomic mass is 35.5. The molecule has 1 heterocycles. The molecule has 1 aromatic heterocycles. The van der Waals surface area contributed by atoms with Gasteiger partial charge >= 0.3 is 0 Å². The van der Waals surface area contributed by atoms with E-state index in [0.29, 0.717) is 16.3 Å². The Morgan fingerprint density at radius 2 is 1.68 bits per heavy atom. The summed E-state index contributed by atoms with van der Waals surface area (Å²) in [6.45, 7) is 3.75. The summed E-state index contributed by atoms with van der Waals surface area (Å²) in [7, 11) is 0. The van der Waals surface area contributed by atoms with E-state index in [2.05, 4.69) is 15.6 Å². The van der Waals surface area contributed by atoms with Crippen molar-refractivity contribution < 1.29 is 23.5 Å². The molecule has 0 bridgehead atoms. The molecule has 0 aliphatic heterocycles. The van der Waals surface area contributed by atoms with Crippen molar-refractivity contribution in [2.75, 3.05) is 0 Å². The smallest absolute Gasteiger partial charge is 0.289 e. The van der Waals surface area contributed by atoms with Gasteiger partial charge in [-0.25, -0.2) is 4.39 Å². The lowest BCUT2D eigenvalue weighted by molar-refractivity contribution is -0.143. The predicted octanol–water partition coefficient (Wildman–Crippen LogP) is 4.03. The quantitative estimate of drug-likeness (QED) is 0.348. The number of ketones is 1. The number of hydrogen-bond donors (Lipinski definition) is 2. The van der Waals surface area contributed by atoms with Crippen molar-refractivity contribution in [3.63, 3.8) is 0 Å². The maximum atomic E-state index is 13.2. The summed E-state index contributed by atoms with van der Waals surface area (Å²) in [5.74, 6) is -2.73. The molecule has 0 aliphatic carbocycles. The van der Waals surface area contributed by atoms with Crippen LogP contribution in [0.5, 0.6) is 0 Å². The number of carbonyl (C=O) groups excluding carboxylic acids is 3. The van der Waals surface area contributed by atoms with E-state index < -0.39 is 29.7 Å². The van der Waals surface area contributed by atoms with Crippen molar-refractivity contribution in [2.45, 2.75) is 45.6 Å². The summed E-state index contributed by atoms with van der Waals surface area (Å²) in [6, 6.07) is 17.0. The van der Waals surface area contributed by atoms with Crippen molar-refractivity contribution in [1.29, 1.82) is 0 Å². The first-order valence-electron chi connectivity index (χ1n) is 11.9. The van der Waals surface area contributed by atoms with Crippen molar-refractivity contribution in [3.05, 3.63) is 101 Å². The van der Waals surface area contributed by atoms with Crippen LogP contribution >= 0.6 is 11.6 Å². The number of pyridine rings is 1. The van der Waals surface area contributed by atoms with Gasteiger partial charge in [-0.3, -0.25) is 19.4 Å². The second-order valence-electron chi connectivity index (χ2n) is 8.87. The van der Waals surface area contributed by atoms with Crippen LogP contribution in [0.2, 0.25) is 5.02 Å². The van der Waals surface area contributed by atoms with Crippen LogP contribution in [0.15, 0.2) is 72.9 Å². The summed E-state index contributed by atoms with van der Waals surface area (Å²) >= 11 is 5.83. The van der Waals surface area contributed by atoms with Crippen LogP contribution in [0.3, 0.4) is 0 Å². The van der Waals surface area contributed by atoms with Crippen molar-refractivity contribution >= 4 is 29.2 Å². The van der Waals surface area contributed by atoms with E-state index in [1.165, 1.54) is 18.3 Å². The molecular formula is C28H29ClFN3O4. The monoisotopic (exact) mass is 525 g/mol. The van der Waals surface area contributed by atoms with Crippen molar-refractivity contribution in [1.82, 2.24) is 15.6 Å². The number of amides is 2. The normalized spacial score (nSPS) is 12.6. The number of nitrogens with zero attached hydrogens (tertiary/aromatic N) is 1. The minimum Gasteiger partial charge on any atom is -0.363 e. The molecule has 0 fully saturated rings. The van der Waals surface area contributed by atoms with Gasteiger partial charge in [-0.2, -0.15) is 0 Å². The number of benzene rings is 2. The minimum atomic E-state index is -1.11. The summed E-state index contributed by atoms with van der Waals surface area (Å²) in [6.07, 6.45) is 0.680. The number of halogens is 2. The molecule has 9 heteroatoms. The van der Waals surface area contributed by atoms with Crippen LogP contribution in [0.25, 0.3) is 0 Å². The molecule has 0 unspecified atom stereocenters. The van der Waals surface area contributed by atoms with E-state index in [-0.39, 0.29) is 31.3 Å². The Kier molecular flexibility index (Phi) is 10.3. The Balaban J connectivity index is 1.70. The second-order valence-corrected chi connectivity index (χ2v) is 9.30. The van der Waals surface area contributed by atoms with Gasteiger partial charge in [-0.1, -0.05) is 67.9 Å². The molecule has 0 spiro atoms. The van der Waals surface area contributed by atoms with Crippen LogP contribution in [0.4, 0.5) is 4.39 Å². The van der Waals surface area contributed by atoms with Gasteiger partial charge in [0, 0.05) is 12.6 Å². The molecule has 3 rings (SSSR count). The lowest BCUT2D eigenvalue weighted by Crippen LogP contribution is -2.52. The summed E-state index contributed by atoms with van der Waals surface area (Å²) in [4.78, 5) is 43.1. The van der Waals surface area contributed by atoms with Gasteiger partial charge in [0.2, 0.25) is 11.7 Å². The lowest BCUT2D eigenvalue weighted by Gasteiger charge is -2.24. The highest BCUT2D eigenvalue weighted by molar-refractivity contribution is 6.38. The van der Waals surface area contributed by atoms with Gasteiger partial charge in [-0.15, -0.1) is 0 Å². The van der Waals surface area contributed by atoms with Gasteiger partial charge in [0.1, 0.15) is 18.0 Å². The first kappa shape index (κ1) is 28.0. The van der Waals surface area contributed by atoms with E-state index >= 15 is 0 Å². The third kappa shape index (κ3) is 8.77. The minimum absolute atomic E-state index is 0.0309. The fraction of sp³-hybridized carbons (Fsp3) is 0.286. The number of Topliss-reactive ketones (excluding diaryl/α,β-unsaturated/α-hetero) is 1. The molecule has 2 amide bonds. The molecule has 0 saturated carbocycles. The van der Waals surface area contributed by atoms with Gasteiger partial charge in [0.05, 0.1) is 23.9 Å². The Morgan fingerprint density at radius 1 is 0.973 bits per heavy atom. The summed E-state index contributed by atoms with van der Waals surface area (Å²) < 4.78 is 19.0. The molecular weight excluding hydrogens is 497 g/mol. The summed E-state index contributed by atoms with van der Waals surface area (Å²) in [5, 5.41) is 5.72. The van der Waals surface area contributed by atoms with E-state index in [1.54, 1.807) is 24.3 Å². The zero-order valence-corrected chi connectivity index (χ0v) is 21.4. The maximum absolute atomic E-state index is 13.2. The Labute approximate surface area is 220 Å². The van der Waals surface area contributed by atoms with Crippen LogP contribution in [0, 0.1) is 11.7 Å². The zero-order chi connectivity index (χ0) is 26.8. The van der Waals surface area contributed by atoms with Crippen molar-refractivity contribution in [2.24, 2.45) is 5.92 Å². The SMILES string of the molecule is CC(C)[C@@H](OCc1ccc(F)cc1)C(=O)N[C@H](Cc1ccccc1)C(=O)C(=O)NCc1ccc(Cl)cn1. The fourth-order valence-electron chi connectivity index (χ4n) is 3.58. The van der Waals surface area contributed by atoms with Gasteiger partial charge in [0.15, 0.2) is 0 Å². The molecule has 0 aliphatic rings. The van der Waals surface area contributed by atoms with Crippen LogP contribution in [0.1, 0.15) is 30.7 Å². The largest absolute Gasteiger partial charge is 0.363 e. The number of rotatable bonds is 12. The number of nitrogens with one attached hydrogen (secondary N) is 2. The van der Waals surface area contributed by atoms with E-state index in [9.17, 15) is 18.8 Å². The molecule has 194 valence electrons. The maximum Gasteiger partial charge on any atom is 0.289 e. The van der Waals surface area contributed by atoms with Crippen LogP contribution in [-0.2, 0) is 38.7 Å². The molecule has 0 radical (unpaired) electrons. The molecule has 37 heavy (non-hydrogen) atoms. The van der Waals surface area contributed by atoms with Gasteiger partial charge in [-0.05, 0) is 41.3 Å². The standard InChI is InChI=1S/C28H29ClFN3O4/c1-18(2)26(37-17-20-8-11-22(30)12-9-20)28(36)33-24(14-19-6-4-3-5-7-19)25(34)27(35)32-16-23-13-10-21(29)15-31-23/h3-13,15,18,24,26H,14,16-17H2,1-2H3,(H,32,35)(H,33,36)/t24-,26-/m1/s1.